The smallest absolute Gasteiger partial charge is 0.740 e. The third-order valence-corrected chi connectivity index (χ3v) is 1.01. The van der Waals surface area contributed by atoms with Crippen molar-refractivity contribution in [2.75, 3.05) is 0 Å². The van der Waals surface area contributed by atoms with Crippen LogP contribution in [0.4, 0.5) is 0 Å². The van der Waals surface area contributed by atoms with Crippen molar-refractivity contribution in [3.8, 4) is 0 Å². The van der Waals surface area contributed by atoms with Gasteiger partial charge in [-0.3, -0.25) is 5.16 Å². The molecule has 0 aliphatic rings. The van der Waals surface area contributed by atoms with Gasteiger partial charge in [-0.25, -0.2) is 8.42 Å². The zero-order valence-electron chi connectivity index (χ0n) is 3.58. The van der Waals surface area contributed by atoms with E-state index in [2.05, 4.69) is 0 Å². The molecule has 0 aromatic rings. The first-order chi connectivity index (χ1) is 2.56. The molecule has 36 valence electrons. The van der Waals surface area contributed by atoms with Crippen molar-refractivity contribution in [2.24, 2.45) is 0 Å². The maximum absolute atomic E-state index is 9.24. The van der Waals surface area contributed by atoms with E-state index in [0.29, 0.717) is 0 Å². The molecule has 0 saturated heterocycles. The summed E-state index contributed by atoms with van der Waals surface area (Å²) in [5.74, 6) is 0. The molecule has 7 heteroatoms. The zero-order chi connectivity index (χ0) is 5.21. The van der Waals surface area contributed by atoms with Crippen LogP contribution in [0.3, 0.4) is 0 Å². The van der Waals surface area contributed by atoms with E-state index in [1.54, 1.807) is 0 Å². The van der Waals surface area contributed by atoms with Gasteiger partial charge in [0.05, 0.1) is 0 Å². The molecule has 1 N–H and O–H groups in total. The van der Waals surface area contributed by atoms with Crippen molar-refractivity contribution in [1.82, 2.24) is 0 Å². The summed E-state index contributed by atoms with van der Waals surface area (Å²) < 4.78 is 27.7. The van der Waals surface area contributed by atoms with E-state index in [1.807, 2.05) is 0 Å². The van der Waals surface area contributed by atoms with E-state index < -0.39 is 17.3 Å². The predicted molar refractivity (Wildman–Crippen MR) is 19.3 cm³/mol. The summed E-state index contributed by atoms with van der Waals surface area (Å²) in [6.45, 7) is 0. The molecule has 0 spiro atoms. The molecule has 0 aromatic carbocycles. The Bertz CT molecular complexity index is 125. The van der Waals surface area contributed by atoms with E-state index in [0.717, 1.165) is 0 Å². The molecule has 4 nitrogen and oxygen atoms in total. The van der Waals surface area contributed by atoms with Crippen LogP contribution in [0, 0.1) is 5.16 Å². The van der Waals surface area contributed by atoms with Gasteiger partial charge in [-0.15, -0.1) is 0 Å². The van der Waals surface area contributed by atoms with Crippen molar-refractivity contribution < 1.29 is 42.5 Å². The molecule has 0 atom stereocenters. The molecule has 0 heterocycles. The summed E-state index contributed by atoms with van der Waals surface area (Å²) in [5.41, 5.74) is 0. The van der Waals surface area contributed by atoms with Gasteiger partial charge in [0.1, 0.15) is 7.57 Å². The Hall–Kier alpha value is 1.01. The summed E-state index contributed by atoms with van der Waals surface area (Å²) in [6, 6.07) is 0. The molecule has 7 heavy (non-hydrogen) atoms. The summed E-state index contributed by atoms with van der Waals surface area (Å²) in [5, 5.41) is 5.93. The van der Waals surface area contributed by atoms with Crippen molar-refractivity contribution in [3.63, 3.8) is 0 Å². The summed E-state index contributed by atoms with van der Waals surface area (Å²) in [6.07, 6.45) is 0. The van der Waals surface area contributed by atoms with Gasteiger partial charge in [0.2, 0.25) is 0 Å². The van der Waals surface area contributed by atoms with Crippen LogP contribution in [0.15, 0.2) is 0 Å². The molecular formula is HNNaO3PS. The van der Waals surface area contributed by atoms with Gasteiger partial charge in [0, 0.05) is 0 Å². The van der Waals surface area contributed by atoms with Crippen LogP contribution in [0.5, 0.6) is 0 Å². The SMILES string of the molecule is N=PS(=O)(=O)[O-].[Na+]. The van der Waals surface area contributed by atoms with Crippen molar-refractivity contribution >= 4 is 17.3 Å². The number of hydrogen-bond acceptors (Lipinski definition) is 4. The molecule has 0 fully saturated rings. The number of rotatable bonds is 1. The van der Waals surface area contributed by atoms with E-state index in [9.17, 15) is 13.0 Å². The molecule has 0 amide bonds. The average Bonchev–Trinajstić information content (AvgIpc) is 1.35. The van der Waals surface area contributed by atoms with Crippen LogP contribution in [0.2, 0.25) is 0 Å². The van der Waals surface area contributed by atoms with Crippen LogP contribution in [0.25, 0.3) is 0 Å². The number of hydrogen-bond donors (Lipinski definition) is 1. The first-order valence-corrected chi connectivity index (χ1v) is 3.81. The Balaban J connectivity index is 0. The minimum absolute atomic E-state index is 0. The zero-order valence-corrected chi connectivity index (χ0v) is 7.29. The quantitative estimate of drug-likeness (QED) is 0.247. The van der Waals surface area contributed by atoms with Crippen molar-refractivity contribution in [3.05, 3.63) is 0 Å². The molecule has 0 aromatic heterocycles. The van der Waals surface area contributed by atoms with E-state index >= 15 is 0 Å². The normalized spacial score (nSPS) is 10.4. The average molecular weight is 149 g/mol. The number of nitrogens with one attached hydrogen (secondary N) is 1. The fourth-order valence-electron chi connectivity index (χ4n) is 0. The molecule has 0 radical (unpaired) electrons. The second-order valence-corrected chi connectivity index (χ2v) is 3.45. The minimum Gasteiger partial charge on any atom is -0.740 e. The second kappa shape index (κ2) is 3.95. The summed E-state index contributed by atoms with van der Waals surface area (Å²) in [7, 11) is -5.13. The van der Waals surface area contributed by atoms with Gasteiger partial charge in [-0.2, -0.15) is 0 Å². The topological polar surface area (TPSA) is 81.0 Å². The van der Waals surface area contributed by atoms with Gasteiger partial charge < -0.3 is 4.55 Å². The van der Waals surface area contributed by atoms with E-state index in [-0.39, 0.29) is 29.6 Å². The second-order valence-electron chi connectivity index (χ2n) is 0.519. The van der Waals surface area contributed by atoms with E-state index in [1.165, 1.54) is 0 Å². The Morgan fingerprint density at radius 1 is 1.57 bits per heavy atom. The molecule has 0 unspecified atom stereocenters. The van der Waals surface area contributed by atoms with Crippen molar-refractivity contribution in [2.45, 2.75) is 0 Å². The van der Waals surface area contributed by atoms with Crippen LogP contribution in [-0.2, 0) is 9.74 Å². The Morgan fingerprint density at radius 3 is 1.71 bits per heavy atom. The summed E-state index contributed by atoms with van der Waals surface area (Å²) in [4.78, 5) is 0. The van der Waals surface area contributed by atoms with Crippen LogP contribution < -0.4 is 29.6 Å². The first-order valence-electron chi connectivity index (χ1n) is 0.906. The molecule has 0 aliphatic heterocycles. The molecule has 0 rings (SSSR count). The predicted octanol–water partition coefficient (Wildman–Crippen LogP) is -2.84. The third kappa shape index (κ3) is 10.9. The molecule has 0 aliphatic carbocycles. The minimum atomic E-state index is -4.27. The van der Waals surface area contributed by atoms with Crippen LogP contribution >= 0.6 is 7.57 Å². The fourth-order valence-corrected chi connectivity index (χ4v) is 0. The molecule has 0 saturated carbocycles. The largest absolute Gasteiger partial charge is 1.00 e. The first kappa shape index (κ1) is 10.9. The maximum atomic E-state index is 9.24. The summed E-state index contributed by atoms with van der Waals surface area (Å²) >= 11 is 0. The standard InChI is InChI=1S/H2NO3PS.Na/c1-5-6(2,3)4;/h1H,(H,2,3,4);/q;+1/p-1. The Morgan fingerprint density at radius 2 is 1.71 bits per heavy atom. The van der Waals surface area contributed by atoms with Gasteiger partial charge in [0.25, 0.3) is 0 Å². The monoisotopic (exact) mass is 149 g/mol. The Kier molecular flexibility index (Phi) is 6.14. The van der Waals surface area contributed by atoms with E-state index in [4.69, 9.17) is 5.16 Å². The van der Waals surface area contributed by atoms with Gasteiger partial charge in [-0.1, -0.05) is 0 Å². The third-order valence-electron chi connectivity index (χ3n) is 0.112. The molecule has 0 bridgehead atoms. The van der Waals surface area contributed by atoms with Gasteiger partial charge in [-0.05, 0) is 0 Å². The van der Waals surface area contributed by atoms with Gasteiger partial charge in [0.15, 0.2) is 9.74 Å². The van der Waals surface area contributed by atoms with Gasteiger partial charge >= 0.3 is 29.6 Å². The Labute approximate surface area is 64.8 Å². The maximum Gasteiger partial charge on any atom is 1.00 e. The van der Waals surface area contributed by atoms with Crippen LogP contribution in [-0.4, -0.2) is 13.0 Å². The van der Waals surface area contributed by atoms with Crippen LogP contribution in [0.1, 0.15) is 0 Å². The van der Waals surface area contributed by atoms with Crippen molar-refractivity contribution in [1.29, 1.82) is 5.16 Å². The molecular weight excluding hydrogens is 148 g/mol. The fraction of sp³-hybridized carbons (Fsp3) is 0.